The lowest BCUT2D eigenvalue weighted by Crippen LogP contribution is -2.09. The molecule has 0 saturated carbocycles. The van der Waals surface area contributed by atoms with E-state index >= 15 is 0 Å². The van der Waals surface area contributed by atoms with Gasteiger partial charge in [0.15, 0.2) is 0 Å². The van der Waals surface area contributed by atoms with Gasteiger partial charge in [0, 0.05) is 5.57 Å². The SMILES string of the molecule is C=C(C)C(=O)OCCC(CC)c1ccccc1. The average molecular weight is 232 g/mol. The second-order valence-electron chi connectivity index (χ2n) is 4.22. The van der Waals surface area contributed by atoms with Gasteiger partial charge in [0.2, 0.25) is 0 Å². The maximum Gasteiger partial charge on any atom is 0.333 e. The summed E-state index contributed by atoms with van der Waals surface area (Å²) in [7, 11) is 0. The lowest BCUT2D eigenvalue weighted by Gasteiger charge is -2.15. The number of hydrogen-bond donors (Lipinski definition) is 0. The highest BCUT2D eigenvalue weighted by Crippen LogP contribution is 2.22. The first kappa shape index (κ1) is 13.5. The second-order valence-corrected chi connectivity index (χ2v) is 4.22. The molecule has 17 heavy (non-hydrogen) atoms. The predicted molar refractivity (Wildman–Crippen MR) is 69.9 cm³/mol. The molecule has 0 aliphatic rings. The van der Waals surface area contributed by atoms with Gasteiger partial charge in [-0.3, -0.25) is 0 Å². The minimum atomic E-state index is -0.298. The van der Waals surface area contributed by atoms with Crippen LogP contribution in [-0.4, -0.2) is 12.6 Å². The summed E-state index contributed by atoms with van der Waals surface area (Å²) in [4.78, 5) is 11.2. The molecule has 0 N–H and O–H groups in total. The molecule has 2 heteroatoms. The maximum absolute atomic E-state index is 11.2. The molecular weight excluding hydrogens is 212 g/mol. The van der Waals surface area contributed by atoms with E-state index in [1.807, 2.05) is 18.2 Å². The van der Waals surface area contributed by atoms with E-state index in [1.54, 1.807) is 6.92 Å². The quantitative estimate of drug-likeness (QED) is 0.552. The molecule has 1 atom stereocenters. The number of esters is 1. The molecule has 0 spiro atoms. The first-order chi connectivity index (χ1) is 8.15. The molecule has 1 unspecified atom stereocenters. The Morgan fingerprint density at radius 3 is 2.53 bits per heavy atom. The van der Waals surface area contributed by atoms with Crippen LogP contribution >= 0.6 is 0 Å². The Morgan fingerprint density at radius 1 is 1.35 bits per heavy atom. The van der Waals surface area contributed by atoms with Gasteiger partial charge in [-0.2, -0.15) is 0 Å². The fraction of sp³-hybridized carbons (Fsp3) is 0.400. The Bertz CT molecular complexity index is 368. The zero-order chi connectivity index (χ0) is 12.7. The van der Waals surface area contributed by atoms with Crippen LogP contribution < -0.4 is 0 Å². The molecule has 0 amide bonds. The van der Waals surface area contributed by atoms with Crippen molar-refractivity contribution in [2.24, 2.45) is 0 Å². The van der Waals surface area contributed by atoms with E-state index in [1.165, 1.54) is 5.56 Å². The van der Waals surface area contributed by atoms with Crippen molar-refractivity contribution in [2.45, 2.75) is 32.6 Å². The van der Waals surface area contributed by atoms with Crippen LogP contribution in [0.15, 0.2) is 42.5 Å². The molecule has 2 nitrogen and oxygen atoms in total. The summed E-state index contributed by atoms with van der Waals surface area (Å²) in [5.41, 5.74) is 1.76. The van der Waals surface area contributed by atoms with Crippen molar-refractivity contribution in [1.29, 1.82) is 0 Å². The van der Waals surface area contributed by atoms with E-state index in [0.29, 0.717) is 18.1 Å². The van der Waals surface area contributed by atoms with Gasteiger partial charge in [0.05, 0.1) is 6.61 Å². The monoisotopic (exact) mass is 232 g/mol. The molecule has 0 aliphatic carbocycles. The highest BCUT2D eigenvalue weighted by atomic mass is 16.5. The number of rotatable bonds is 6. The molecule has 0 bridgehead atoms. The lowest BCUT2D eigenvalue weighted by atomic mass is 9.94. The summed E-state index contributed by atoms with van der Waals surface area (Å²) < 4.78 is 5.12. The summed E-state index contributed by atoms with van der Waals surface area (Å²) >= 11 is 0. The van der Waals surface area contributed by atoms with Crippen LogP contribution in [-0.2, 0) is 9.53 Å². The summed E-state index contributed by atoms with van der Waals surface area (Å²) in [6, 6.07) is 10.3. The van der Waals surface area contributed by atoms with Crippen LogP contribution in [0.1, 0.15) is 38.2 Å². The van der Waals surface area contributed by atoms with Crippen molar-refractivity contribution in [1.82, 2.24) is 0 Å². The Balaban J connectivity index is 2.44. The third-order valence-electron chi connectivity index (χ3n) is 2.81. The van der Waals surface area contributed by atoms with Crippen molar-refractivity contribution >= 4 is 5.97 Å². The number of carbonyl (C=O) groups excluding carboxylic acids is 1. The molecule has 0 aliphatic heterocycles. The van der Waals surface area contributed by atoms with Crippen molar-refractivity contribution in [3.8, 4) is 0 Å². The number of ether oxygens (including phenoxy) is 1. The van der Waals surface area contributed by atoms with Gasteiger partial charge in [0.25, 0.3) is 0 Å². The normalized spacial score (nSPS) is 11.9. The lowest BCUT2D eigenvalue weighted by molar-refractivity contribution is -0.139. The number of carbonyl (C=O) groups is 1. The Morgan fingerprint density at radius 2 is 2.00 bits per heavy atom. The fourth-order valence-corrected chi connectivity index (χ4v) is 1.75. The highest BCUT2D eigenvalue weighted by Gasteiger charge is 2.10. The van der Waals surface area contributed by atoms with Crippen molar-refractivity contribution in [3.05, 3.63) is 48.0 Å². The maximum atomic E-state index is 11.2. The Labute approximate surface area is 103 Å². The summed E-state index contributed by atoms with van der Waals surface area (Å²) in [5, 5.41) is 0. The number of hydrogen-bond acceptors (Lipinski definition) is 2. The minimum Gasteiger partial charge on any atom is -0.462 e. The van der Waals surface area contributed by atoms with Crippen LogP contribution in [0.3, 0.4) is 0 Å². The van der Waals surface area contributed by atoms with Crippen molar-refractivity contribution in [3.63, 3.8) is 0 Å². The average Bonchev–Trinajstić information content (AvgIpc) is 2.35. The molecule has 0 aromatic heterocycles. The van der Waals surface area contributed by atoms with Gasteiger partial charge in [-0.15, -0.1) is 0 Å². The molecule has 92 valence electrons. The first-order valence-corrected chi connectivity index (χ1v) is 6.02. The zero-order valence-corrected chi connectivity index (χ0v) is 10.6. The van der Waals surface area contributed by atoms with Crippen LogP contribution in [0.5, 0.6) is 0 Å². The second kappa shape index (κ2) is 6.89. The van der Waals surface area contributed by atoms with Gasteiger partial charge in [-0.05, 0) is 31.2 Å². The summed E-state index contributed by atoms with van der Waals surface area (Å²) in [5.74, 6) is 0.155. The standard InChI is InChI=1S/C15H20O2/c1-4-13(14-8-6-5-7-9-14)10-11-17-15(16)12(2)3/h5-9,13H,2,4,10-11H2,1,3H3. The van der Waals surface area contributed by atoms with Gasteiger partial charge in [0.1, 0.15) is 0 Å². The molecule has 1 rings (SSSR count). The predicted octanol–water partition coefficient (Wildman–Crippen LogP) is 3.69. The van der Waals surface area contributed by atoms with Crippen LogP contribution in [0.25, 0.3) is 0 Å². The number of benzene rings is 1. The third kappa shape index (κ3) is 4.43. The molecule has 0 heterocycles. The Hall–Kier alpha value is -1.57. The van der Waals surface area contributed by atoms with Gasteiger partial charge < -0.3 is 4.74 Å². The first-order valence-electron chi connectivity index (χ1n) is 6.02. The third-order valence-corrected chi connectivity index (χ3v) is 2.81. The fourth-order valence-electron chi connectivity index (χ4n) is 1.75. The van der Waals surface area contributed by atoms with Crippen LogP contribution in [0.4, 0.5) is 0 Å². The highest BCUT2D eigenvalue weighted by molar-refractivity contribution is 5.86. The van der Waals surface area contributed by atoms with Crippen LogP contribution in [0.2, 0.25) is 0 Å². The summed E-state index contributed by atoms with van der Waals surface area (Å²) in [6.07, 6.45) is 1.91. The van der Waals surface area contributed by atoms with E-state index in [0.717, 1.165) is 12.8 Å². The largest absolute Gasteiger partial charge is 0.462 e. The molecule has 1 aromatic carbocycles. The smallest absolute Gasteiger partial charge is 0.333 e. The zero-order valence-electron chi connectivity index (χ0n) is 10.6. The van der Waals surface area contributed by atoms with Gasteiger partial charge in [-0.25, -0.2) is 4.79 Å². The van der Waals surface area contributed by atoms with E-state index < -0.39 is 0 Å². The van der Waals surface area contributed by atoms with Crippen molar-refractivity contribution in [2.75, 3.05) is 6.61 Å². The van der Waals surface area contributed by atoms with E-state index in [9.17, 15) is 4.79 Å². The molecule has 1 aromatic rings. The van der Waals surface area contributed by atoms with E-state index in [2.05, 4.69) is 25.6 Å². The van der Waals surface area contributed by atoms with Gasteiger partial charge >= 0.3 is 5.97 Å². The van der Waals surface area contributed by atoms with E-state index in [-0.39, 0.29) is 5.97 Å². The molecule has 0 radical (unpaired) electrons. The minimum absolute atomic E-state index is 0.298. The van der Waals surface area contributed by atoms with Crippen LogP contribution in [0, 0.1) is 0 Å². The molecule has 0 fully saturated rings. The van der Waals surface area contributed by atoms with Crippen molar-refractivity contribution < 1.29 is 9.53 Å². The molecular formula is C15H20O2. The topological polar surface area (TPSA) is 26.3 Å². The molecule has 0 saturated heterocycles. The van der Waals surface area contributed by atoms with E-state index in [4.69, 9.17) is 4.74 Å². The van der Waals surface area contributed by atoms with Gasteiger partial charge in [-0.1, -0.05) is 43.8 Å². The summed E-state index contributed by atoms with van der Waals surface area (Å²) in [6.45, 7) is 7.83. The Kier molecular flexibility index (Phi) is 5.47.